The zero-order chi connectivity index (χ0) is 19.1. The smallest absolute Gasteiger partial charge is 0.251 e. The number of methoxy groups -OCH3 is 2. The number of hydrogen-bond acceptors (Lipinski definition) is 5. The number of aliphatic hydroxyl groups excluding tert-OH is 1. The molecule has 0 spiro atoms. The highest BCUT2D eigenvalue weighted by Crippen LogP contribution is 2.36. The molecule has 26 heavy (non-hydrogen) atoms. The van der Waals surface area contributed by atoms with Gasteiger partial charge in [-0.1, -0.05) is 18.2 Å². The van der Waals surface area contributed by atoms with E-state index in [0.29, 0.717) is 22.8 Å². The molecule has 2 aromatic rings. The molecule has 0 fully saturated rings. The van der Waals surface area contributed by atoms with Crippen molar-refractivity contribution in [1.29, 1.82) is 0 Å². The predicted molar refractivity (Wildman–Crippen MR) is 99.3 cm³/mol. The van der Waals surface area contributed by atoms with Gasteiger partial charge in [0, 0.05) is 12.1 Å². The molecule has 140 valence electrons. The maximum atomic E-state index is 12.3. The van der Waals surface area contributed by atoms with Crippen LogP contribution in [-0.2, 0) is 0 Å². The Bertz CT molecular complexity index is 738. The van der Waals surface area contributed by atoms with Crippen LogP contribution in [0.5, 0.6) is 17.2 Å². The third-order valence-corrected chi connectivity index (χ3v) is 4.15. The summed E-state index contributed by atoms with van der Waals surface area (Å²) in [6, 6.07) is 10.8. The van der Waals surface area contributed by atoms with Gasteiger partial charge < -0.3 is 24.6 Å². The van der Waals surface area contributed by atoms with E-state index in [1.165, 1.54) is 14.2 Å². The lowest BCUT2D eigenvalue weighted by Gasteiger charge is -2.17. The van der Waals surface area contributed by atoms with Gasteiger partial charge in [-0.3, -0.25) is 4.79 Å². The third kappa shape index (κ3) is 4.67. The van der Waals surface area contributed by atoms with Crippen molar-refractivity contribution in [2.45, 2.75) is 20.0 Å². The van der Waals surface area contributed by atoms with Gasteiger partial charge in [0.25, 0.3) is 5.91 Å². The average Bonchev–Trinajstić information content (AvgIpc) is 2.66. The monoisotopic (exact) mass is 359 g/mol. The first-order valence-corrected chi connectivity index (χ1v) is 8.34. The Hall–Kier alpha value is -2.73. The van der Waals surface area contributed by atoms with Crippen molar-refractivity contribution in [3.63, 3.8) is 0 Å². The summed E-state index contributed by atoms with van der Waals surface area (Å²) in [5.41, 5.74) is 2.57. The molecule has 6 heteroatoms. The first-order valence-electron chi connectivity index (χ1n) is 8.34. The van der Waals surface area contributed by atoms with Gasteiger partial charge in [0.2, 0.25) is 5.75 Å². The Kier molecular flexibility index (Phi) is 6.86. The number of amides is 1. The van der Waals surface area contributed by atoms with Crippen molar-refractivity contribution in [3.8, 4) is 17.2 Å². The highest BCUT2D eigenvalue weighted by Gasteiger charge is 2.15. The summed E-state index contributed by atoms with van der Waals surface area (Å²) >= 11 is 0. The first-order chi connectivity index (χ1) is 12.5. The van der Waals surface area contributed by atoms with Gasteiger partial charge >= 0.3 is 0 Å². The summed E-state index contributed by atoms with van der Waals surface area (Å²) < 4.78 is 16.1. The number of carbonyl (C=O) groups excluding carboxylic acids is 1. The minimum absolute atomic E-state index is 0.0101. The second kappa shape index (κ2) is 9.10. The second-order valence-electron chi connectivity index (χ2n) is 5.91. The van der Waals surface area contributed by atoms with Gasteiger partial charge in [0.15, 0.2) is 11.5 Å². The Balaban J connectivity index is 1.93. The molecule has 0 aliphatic carbocycles. The van der Waals surface area contributed by atoms with Crippen LogP contribution < -0.4 is 19.5 Å². The van der Waals surface area contributed by atoms with Gasteiger partial charge in [-0.25, -0.2) is 0 Å². The van der Waals surface area contributed by atoms with Crippen molar-refractivity contribution >= 4 is 5.91 Å². The molecule has 1 atom stereocenters. The van der Waals surface area contributed by atoms with Crippen molar-refractivity contribution in [1.82, 2.24) is 5.32 Å². The molecule has 0 aliphatic rings. The molecule has 1 unspecified atom stereocenters. The summed E-state index contributed by atoms with van der Waals surface area (Å²) in [5.74, 6) is 1.21. The minimum Gasteiger partial charge on any atom is -0.493 e. The molecule has 0 aromatic heterocycles. The number of rotatable bonds is 8. The number of aryl methyl sites for hydroxylation is 1. The van der Waals surface area contributed by atoms with Crippen molar-refractivity contribution in [2.24, 2.45) is 0 Å². The maximum absolute atomic E-state index is 12.3. The number of ether oxygens (including phenoxy) is 3. The van der Waals surface area contributed by atoms with Crippen LogP contribution in [0.1, 0.15) is 21.5 Å². The van der Waals surface area contributed by atoms with Crippen LogP contribution in [0.15, 0.2) is 36.4 Å². The fourth-order valence-corrected chi connectivity index (χ4v) is 2.50. The molecule has 0 heterocycles. The largest absolute Gasteiger partial charge is 0.493 e. The van der Waals surface area contributed by atoms with E-state index in [2.05, 4.69) is 5.32 Å². The molecule has 0 aliphatic heterocycles. The molecule has 2 rings (SSSR count). The molecule has 2 N–H and O–H groups in total. The van der Waals surface area contributed by atoms with Gasteiger partial charge in [-0.05, 0) is 43.2 Å². The Morgan fingerprint density at radius 2 is 1.69 bits per heavy atom. The quantitative estimate of drug-likeness (QED) is 0.757. The molecule has 0 bridgehead atoms. The molecule has 0 saturated carbocycles. The van der Waals surface area contributed by atoms with Crippen LogP contribution in [0, 0.1) is 13.8 Å². The Labute approximate surface area is 153 Å². The van der Waals surface area contributed by atoms with E-state index in [1.54, 1.807) is 24.3 Å². The second-order valence-corrected chi connectivity index (χ2v) is 5.91. The van der Waals surface area contributed by atoms with E-state index in [1.807, 2.05) is 26.0 Å². The fraction of sp³-hybridized carbons (Fsp3) is 0.350. The van der Waals surface area contributed by atoms with E-state index in [9.17, 15) is 9.90 Å². The van der Waals surface area contributed by atoms with Gasteiger partial charge in [0.05, 0.1) is 14.2 Å². The standard InChI is InChI=1S/C20H25NO5/c1-13-7-5-8-16(14(13)2)20(23)21-11-15(22)12-26-19-17(24-3)9-6-10-18(19)25-4/h5-10,15,22H,11-12H2,1-4H3,(H,21,23). The summed E-state index contributed by atoms with van der Waals surface area (Å²) in [7, 11) is 3.06. The topological polar surface area (TPSA) is 77.0 Å². The Morgan fingerprint density at radius 3 is 2.31 bits per heavy atom. The molecule has 0 saturated heterocycles. The van der Waals surface area contributed by atoms with E-state index in [-0.39, 0.29) is 19.1 Å². The summed E-state index contributed by atoms with van der Waals surface area (Å²) in [5, 5.41) is 12.9. The van der Waals surface area contributed by atoms with Crippen LogP contribution in [0.25, 0.3) is 0 Å². The third-order valence-electron chi connectivity index (χ3n) is 4.15. The minimum atomic E-state index is -0.876. The molecular weight excluding hydrogens is 334 g/mol. The Morgan fingerprint density at radius 1 is 1.08 bits per heavy atom. The molecule has 6 nitrogen and oxygen atoms in total. The number of aliphatic hydroxyl groups is 1. The molecule has 1 amide bonds. The molecule has 2 aromatic carbocycles. The summed E-state index contributed by atoms with van der Waals surface area (Å²) in [4.78, 5) is 12.3. The fourth-order valence-electron chi connectivity index (χ4n) is 2.50. The number of benzene rings is 2. The average molecular weight is 359 g/mol. The SMILES string of the molecule is COc1cccc(OC)c1OCC(O)CNC(=O)c1cccc(C)c1C. The lowest BCUT2D eigenvalue weighted by Crippen LogP contribution is -2.35. The van der Waals surface area contributed by atoms with E-state index in [0.717, 1.165) is 11.1 Å². The highest BCUT2D eigenvalue weighted by atomic mass is 16.5. The van der Waals surface area contributed by atoms with E-state index >= 15 is 0 Å². The lowest BCUT2D eigenvalue weighted by atomic mass is 10.0. The number of nitrogens with one attached hydrogen (secondary N) is 1. The van der Waals surface area contributed by atoms with Crippen LogP contribution in [0.2, 0.25) is 0 Å². The van der Waals surface area contributed by atoms with E-state index in [4.69, 9.17) is 14.2 Å². The van der Waals surface area contributed by atoms with Crippen LogP contribution in [0.4, 0.5) is 0 Å². The predicted octanol–water partition coefficient (Wildman–Crippen LogP) is 2.49. The summed E-state index contributed by atoms with van der Waals surface area (Å²) in [6.45, 7) is 3.92. The lowest BCUT2D eigenvalue weighted by molar-refractivity contribution is 0.0833. The highest BCUT2D eigenvalue weighted by molar-refractivity contribution is 5.95. The maximum Gasteiger partial charge on any atom is 0.251 e. The van der Waals surface area contributed by atoms with Crippen molar-refractivity contribution in [3.05, 3.63) is 53.1 Å². The number of para-hydroxylation sites is 1. The van der Waals surface area contributed by atoms with Gasteiger partial charge in [-0.2, -0.15) is 0 Å². The van der Waals surface area contributed by atoms with E-state index < -0.39 is 6.10 Å². The number of carbonyl (C=O) groups is 1. The van der Waals surface area contributed by atoms with Crippen LogP contribution in [0.3, 0.4) is 0 Å². The van der Waals surface area contributed by atoms with Crippen LogP contribution in [-0.4, -0.2) is 44.5 Å². The van der Waals surface area contributed by atoms with Crippen molar-refractivity contribution in [2.75, 3.05) is 27.4 Å². The van der Waals surface area contributed by atoms with Crippen molar-refractivity contribution < 1.29 is 24.1 Å². The van der Waals surface area contributed by atoms with Gasteiger partial charge in [-0.15, -0.1) is 0 Å². The van der Waals surface area contributed by atoms with Gasteiger partial charge in [0.1, 0.15) is 12.7 Å². The zero-order valence-corrected chi connectivity index (χ0v) is 15.5. The zero-order valence-electron chi connectivity index (χ0n) is 15.5. The molecular formula is C20H25NO5. The van der Waals surface area contributed by atoms with Crippen LogP contribution >= 0.6 is 0 Å². The normalized spacial score (nSPS) is 11.6. The summed E-state index contributed by atoms with van der Waals surface area (Å²) in [6.07, 6.45) is -0.876. The first kappa shape index (κ1) is 19.6. The number of hydrogen-bond donors (Lipinski definition) is 2. The molecule has 0 radical (unpaired) electrons.